The van der Waals surface area contributed by atoms with E-state index in [4.69, 9.17) is 10.0 Å². The first-order valence-electron chi connectivity index (χ1n) is 6.81. The summed E-state index contributed by atoms with van der Waals surface area (Å²) in [5.74, 6) is 1.11. The van der Waals surface area contributed by atoms with E-state index in [0.717, 1.165) is 17.2 Å². The van der Waals surface area contributed by atoms with Crippen LogP contribution in [0, 0.1) is 11.7 Å². The van der Waals surface area contributed by atoms with Crippen LogP contribution >= 0.6 is 11.8 Å². The van der Waals surface area contributed by atoms with Gasteiger partial charge in [0.15, 0.2) is 0 Å². The number of benzene rings is 1. The SMILES string of the molecule is CC1CCCC(SCc2cc(F)cc(B(O)O)c2)C1. The topological polar surface area (TPSA) is 40.5 Å². The van der Waals surface area contributed by atoms with Crippen molar-refractivity contribution < 1.29 is 14.4 Å². The number of hydrogen-bond acceptors (Lipinski definition) is 3. The molecule has 0 aliphatic heterocycles. The summed E-state index contributed by atoms with van der Waals surface area (Å²) in [6.45, 7) is 2.29. The van der Waals surface area contributed by atoms with E-state index in [-0.39, 0.29) is 5.46 Å². The van der Waals surface area contributed by atoms with Crippen molar-refractivity contribution in [2.45, 2.75) is 43.6 Å². The van der Waals surface area contributed by atoms with Gasteiger partial charge >= 0.3 is 7.12 Å². The Balaban J connectivity index is 1.95. The van der Waals surface area contributed by atoms with Gasteiger partial charge in [0.1, 0.15) is 5.82 Å². The second-order valence-corrected chi connectivity index (χ2v) is 6.76. The predicted molar refractivity (Wildman–Crippen MR) is 78.9 cm³/mol. The number of thioether (sulfide) groups is 1. The molecular formula is C14H20BFO2S. The van der Waals surface area contributed by atoms with Crippen molar-refractivity contribution in [1.82, 2.24) is 0 Å². The van der Waals surface area contributed by atoms with Gasteiger partial charge in [-0.2, -0.15) is 11.8 Å². The van der Waals surface area contributed by atoms with Crippen LogP contribution in [0.4, 0.5) is 4.39 Å². The zero-order valence-corrected chi connectivity index (χ0v) is 12.0. The molecule has 0 radical (unpaired) electrons. The Morgan fingerprint density at radius 1 is 1.32 bits per heavy atom. The van der Waals surface area contributed by atoms with E-state index in [9.17, 15) is 4.39 Å². The van der Waals surface area contributed by atoms with Crippen LogP contribution in [0.3, 0.4) is 0 Å². The van der Waals surface area contributed by atoms with E-state index < -0.39 is 12.9 Å². The molecule has 0 spiro atoms. The van der Waals surface area contributed by atoms with Crippen LogP contribution in [0.1, 0.15) is 38.2 Å². The molecule has 0 amide bonds. The zero-order valence-electron chi connectivity index (χ0n) is 11.2. The summed E-state index contributed by atoms with van der Waals surface area (Å²) in [7, 11) is -1.60. The molecule has 19 heavy (non-hydrogen) atoms. The number of rotatable bonds is 4. The van der Waals surface area contributed by atoms with Crippen LogP contribution in [0.5, 0.6) is 0 Å². The van der Waals surface area contributed by atoms with E-state index in [2.05, 4.69) is 6.92 Å². The Morgan fingerprint density at radius 2 is 2.11 bits per heavy atom. The second kappa shape index (κ2) is 6.77. The largest absolute Gasteiger partial charge is 0.488 e. The maximum Gasteiger partial charge on any atom is 0.488 e. The van der Waals surface area contributed by atoms with Crippen molar-refractivity contribution in [1.29, 1.82) is 0 Å². The lowest BCUT2D eigenvalue weighted by atomic mass is 9.79. The lowest BCUT2D eigenvalue weighted by Gasteiger charge is -2.26. The highest BCUT2D eigenvalue weighted by Crippen LogP contribution is 2.33. The average molecular weight is 282 g/mol. The van der Waals surface area contributed by atoms with Crippen molar-refractivity contribution in [3.8, 4) is 0 Å². The lowest BCUT2D eigenvalue weighted by molar-refractivity contribution is 0.394. The quantitative estimate of drug-likeness (QED) is 0.833. The van der Waals surface area contributed by atoms with Gasteiger partial charge in [-0.15, -0.1) is 0 Å². The fraction of sp³-hybridized carbons (Fsp3) is 0.571. The first-order valence-corrected chi connectivity index (χ1v) is 7.86. The molecule has 0 aromatic heterocycles. The molecule has 1 aromatic carbocycles. The Hall–Kier alpha value is -0.515. The molecule has 2 nitrogen and oxygen atoms in total. The van der Waals surface area contributed by atoms with Crippen LogP contribution in [0.25, 0.3) is 0 Å². The summed E-state index contributed by atoms with van der Waals surface area (Å²) in [6.07, 6.45) is 5.07. The molecule has 2 unspecified atom stereocenters. The molecule has 5 heteroatoms. The maximum absolute atomic E-state index is 13.4. The summed E-state index contributed by atoms with van der Waals surface area (Å²) < 4.78 is 13.4. The molecule has 0 heterocycles. The standard InChI is InChI=1S/C14H20BFO2S/c1-10-3-2-4-14(5-10)19-9-11-6-12(15(17)18)8-13(16)7-11/h6-8,10,14,17-18H,2-5,9H2,1H3. The van der Waals surface area contributed by atoms with Crippen LogP contribution in [0.15, 0.2) is 18.2 Å². The highest BCUT2D eigenvalue weighted by atomic mass is 32.2. The first kappa shape index (κ1) is 14.9. The van der Waals surface area contributed by atoms with Crippen molar-refractivity contribution in [3.63, 3.8) is 0 Å². The van der Waals surface area contributed by atoms with E-state index >= 15 is 0 Å². The summed E-state index contributed by atoms with van der Waals surface area (Å²) in [4.78, 5) is 0. The number of halogens is 1. The third-order valence-corrected chi connectivity index (χ3v) is 5.05. The van der Waals surface area contributed by atoms with Gasteiger partial charge in [0.05, 0.1) is 0 Å². The normalized spacial score (nSPS) is 23.4. The Kier molecular flexibility index (Phi) is 5.31. The van der Waals surface area contributed by atoms with Gasteiger partial charge in [0, 0.05) is 11.0 Å². The summed E-state index contributed by atoms with van der Waals surface area (Å²) in [5.41, 5.74) is 1.05. The van der Waals surface area contributed by atoms with Crippen LogP contribution in [-0.4, -0.2) is 22.4 Å². The van der Waals surface area contributed by atoms with Crippen molar-refractivity contribution in [2.24, 2.45) is 5.92 Å². The molecule has 1 fully saturated rings. The molecule has 2 atom stereocenters. The fourth-order valence-corrected chi connectivity index (χ4v) is 4.04. The smallest absolute Gasteiger partial charge is 0.423 e. The number of hydrogen-bond donors (Lipinski definition) is 2. The van der Waals surface area contributed by atoms with Gasteiger partial charge < -0.3 is 10.0 Å². The third-order valence-electron chi connectivity index (χ3n) is 3.65. The van der Waals surface area contributed by atoms with E-state index in [1.807, 2.05) is 11.8 Å². The van der Waals surface area contributed by atoms with Gasteiger partial charge in [-0.3, -0.25) is 0 Å². The van der Waals surface area contributed by atoms with Crippen molar-refractivity contribution >= 4 is 24.3 Å². The van der Waals surface area contributed by atoms with Crippen LogP contribution in [0.2, 0.25) is 0 Å². The molecular weight excluding hydrogens is 262 g/mol. The minimum Gasteiger partial charge on any atom is -0.423 e. The Bertz CT molecular complexity index is 428. The molecule has 1 aromatic rings. The summed E-state index contributed by atoms with van der Waals surface area (Å²) in [6, 6.07) is 4.32. The molecule has 0 bridgehead atoms. The van der Waals surface area contributed by atoms with E-state index in [1.165, 1.54) is 37.8 Å². The molecule has 0 saturated heterocycles. The fourth-order valence-electron chi connectivity index (χ4n) is 2.65. The summed E-state index contributed by atoms with van der Waals surface area (Å²) >= 11 is 1.85. The molecule has 104 valence electrons. The van der Waals surface area contributed by atoms with Gasteiger partial charge in [0.2, 0.25) is 0 Å². The van der Waals surface area contributed by atoms with E-state index in [1.54, 1.807) is 6.07 Å². The third kappa shape index (κ3) is 4.51. The van der Waals surface area contributed by atoms with Gasteiger partial charge in [-0.25, -0.2) is 4.39 Å². The molecule has 1 aliphatic carbocycles. The van der Waals surface area contributed by atoms with Crippen molar-refractivity contribution in [2.75, 3.05) is 0 Å². The molecule has 2 N–H and O–H groups in total. The first-order chi connectivity index (χ1) is 9.04. The Labute approximate surface area is 118 Å². The maximum atomic E-state index is 13.4. The summed E-state index contributed by atoms with van der Waals surface area (Å²) in [5, 5.41) is 18.9. The highest BCUT2D eigenvalue weighted by Gasteiger charge is 2.19. The Morgan fingerprint density at radius 3 is 2.79 bits per heavy atom. The molecule has 2 rings (SSSR count). The van der Waals surface area contributed by atoms with Crippen LogP contribution < -0.4 is 5.46 Å². The minimum absolute atomic E-state index is 0.229. The van der Waals surface area contributed by atoms with Crippen LogP contribution in [-0.2, 0) is 5.75 Å². The lowest BCUT2D eigenvalue weighted by Crippen LogP contribution is -2.30. The zero-order chi connectivity index (χ0) is 13.8. The predicted octanol–water partition coefficient (Wildman–Crippen LogP) is 2.32. The van der Waals surface area contributed by atoms with E-state index in [0.29, 0.717) is 5.25 Å². The monoisotopic (exact) mass is 282 g/mol. The minimum atomic E-state index is -1.60. The highest BCUT2D eigenvalue weighted by molar-refractivity contribution is 7.99. The van der Waals surface area contributed by atoms with Gasteiger partial charge in [-0.1, -0.05) is 25.8 Å². The second-order valence-electron chi connectivity index (χ2n) is 5.47. The van der Waals surface area contributed by atoms with Gasteiger partial charge in [-0.05, 0) is 41.9 Å². The van der Waals surface area contributed by atoms with Crippen molar-refractivity contribution in [3.05, 3.63) is 29.6 Å². The molecule has 1 aliphatic rings. The van der Waals surface area contributed by atoms with Gasteiger partial charge in [0.25, 0.3) is 0 Å². The molecule has 1 saturated carbocycles. The average Bonchev–Trinajstić information content (AvgIpc) is 2.36.